The van der Waals surface area contributed by atoms with Crippen molar-refractivity contribution >= 4 is 34.1 Å². The number of nitrogens with zero attached hydrogens (tertiary/aromatic N) is 4. The highest BCUT2D eigenvalue weighted by Crippen LogP contribution is 2.16. The molecule has 20 heavy (non-hydrogen) atoms. The Balaban J connectivity index is 1.71. The normalized spacial score (nSPS) is 16.5. The van der Waals surface area contributed by atoms with E-state index in [1.165, 1.54) is 0 Å². The molecular formula is C14H17N5S. The van der Waals surface area contributed by atoms with Gasteiger partial charge in [0.25, 0.3) is 0 Å². The first-order valence-corrected chi connectivity index (χ1v) is 7.10. The Bertz CT molecular complexity index is 622. The van der Waals surface area contributed by atoms with Gasteiger partial charge in [-0.15, -0.1) is 0 Å². The lowest BCUT2D eigenvalue weighted by molar-refractivity contribution is 0.291. The van der Waals surface area contributed by atoms with Crippen LogP contribution in [0.1, 0.15) is 0 Å². The van der Waals surface area contributed by atoms with Crippen LogP contribution in [0.2, 0.25) is 0 Å². The molecule has 1 saturated heterocycles. The minimum absolute atomic E-state index is 0.559. The second kappa shape index (κ2) is 5.68. The third-order valence-electron chi connectivity index (χ3n) is 3.51. The Morgan fingerprint density at radius 1 is 1.15 bits per heavy atom. The van der Waals surface area contributed by atoms with E-state index in [0.717, 1.165) is 43.0 Å². The lowest BCUT2D eigenvalue weighted by Gasteiger charge is -2.34. The Kier molecular flexibility index (Phi) is 3.75. The van der Waals surface area contributed by atoms with E-state index in [9.17, 15) is 0 Å². The first-order valence-electron chi connectivity index (χ1n) is 6.70. The van der Waals surface area contributed by atoms with Crippen molar-refractivity contribution in [3.63, 3.8) is 0 Å². The molecule has 2 heterocycles. The van der Waals surface area contributed by atoms with Crippen LogP contribution >= 0.6 is 12.2 Å². The summed E-state index contributed by atoms with van der Waals surface area (Å²) in [6, 6.07) is 7.94. The predicted octanol–water partition coefficient (Wildman–Crippen LogP) is 1.04. The molecular weight excluding hydrogens is 270 g/mol. The Morgan fingerprint density at radius 2 is 1.85 bits per heavy atom. The quantitative estimate of drug-likeness (QED) is 0.851. The molecule has 1 aliphatic rings. The van der Waals surface area contributed by atoms with Gasteiger partial charge in [0, 0.05) is 32.7 Å². The Morgan fingerprint density at radius 3 is 2.55 bits per heavy atom. The maximum absolute atomic E-state index is 5.59. The summed E-state index contributed by atoms with van der Waals surface area (Å²) in [6.45, 7) is 4.45. The van der Waals surface area contributed by atoms with Gasteiger partial charge in [0.05, 0.1) is 22.2 Å². The first-order chi connectivity index (χ1) is 9.72. The summed E-state index contributed by atoms with van der Waals surface area (Å²) in [6.07, 6.45) is 1.85. The number of hydrogen-bond acceptors (Lipinski definition) is 5. The van der Waals surface area contributed by atoms with Crippen molar-refractivity contribution in [1.29, 1.82) is 0 Å². The van der Waals surface area contributed by atoms with E-state index in [0.29, 0.717) is 11.5 Å². The monoisotopic (exact) mass is 287 g/mol. The highest BCUT2D eigenvalue weighted by Gasteiger charge is 2.18. The van der Waals surface area contributed by atoms with Gasteiger partial charge in [0.1, 0.15) is 5.82 Å². The Labute approximate surface area is 123 Å². The van der Waals surface area contributed by atoms with E-state index in [2.05, 4.69) is 19.8 Å². The van der Waals surface area contributed by atoms with Crippen LogP contribution in [-0.2, 0) is 0 Å². The van der Waals surface area contributed by atoms with E-state index >= 15 is 0 Å². The molecule has 5 nitrogen and oxygen atoms in total. The van der Waals surface area contributed by atoms with E-state index in [-0.39, 0.29) is 0 Å². The topological polar surface area (TPSA) is 58.3 Å². The van der Waals surface area contributed by atoms with Crippen LogP contribution in [0.4, 0.5) is 5.82 Å². The number of para-hydroxylation sites is 2. The second-order valence-electron chi connectivity index (χ2n) is 4.95. The molecule has 2 N–H and O–H groups in total. The van der Waals surface area contributed by atoms with Gasteiger partial charge in [0.2, 0.25) is 0 Å². The van der Waals surface area contributed by atoms with Crippen LogP contribution in [0.15, 0.2) is 30.5 Å². The number of rotatable bonds is 3. The summed E-state index contributed by atoms with van der Waals surface area (Å²) in [5.74, 6) is 0.943. The van der Waals surface area contributed by atoms with Crippen LogP contribution in [0.25, 0.3) is 11.0 Å². The van der Waals surface area contributed by atoms with Crippen LogP contribution < -0.4 is 10.6 Å². The zero-order valence-electron chi connectivity index (χ0n) is 11.2. The van der Waals surface area contributed by atoms with Crippen molar-refractivity contribution in [3.8, 4) is 0 Å². The zero-order chi connectivity index (χ0) is 13.9. The number of hydrogen-bond donors (Lipinski definition) is 1. The molecule has 0 saturated carbocycles. The molecule has 2 aromatic rings. The number of piperazine rings is 1. The van der Waals surface area contributed by atoms with Gasteiger partial charge in [-0.2, -0.15) is 0 Å². The number of nitrogens with two attached hydrogens (primary N) is 1. The summed E-state index contributed by atoms with van der Waals surface area (Å²) >= 11 is 4.95. The van der Waals surface area contributed by atoms with Crippen molar-refractivity contribution in [1.82, 2.24) is 14.9 Å². The van der Waals surface area contributed by atoms with Gasteiger partial charge in [-0.1, -0.05) is 24.4 Å². The van der Waals surface area contributed by atoms with Gasteiger partial charge in [0.15, 0.2) is 0 Å². The van der Waals surface area contributed by atoms with Crippen LogP contribution in [-0.4, -0.2) is 52.6 Å². The minimum atomic E-state index is 0.559. The Hall–Kier alpha value is -1.79. The van der Waals surface area contributed by atoms with Crippen molar-refractivity contribution in [2.45, 2.75) is 0 Å². The smallest absolute Gasteiger partial charge is 0.147 e. The first kappa shape index (κ1) is 13.2. The van der Waals surface area contributed by atoms with E-state index < -0.39 is 0 Å². The number of fused-ring (bicyclic) bond motifs is 1. The van der Waals surface area contributed by atoms with Crippen LogP contribution in [0.5, 0.6) is 0 Å². The van der Waals surface area contributed by atoms with Crippen molar-refractivity contribution in [2.24, 2.45) is 5.73 Å². The summed E-state index contributed by atoms with van der Waals surface area (Å²) in [5.41, 5.74) is 7.46. The van der Waals surface area contributed by atoms with Crippen molar-refractivity contribution in [3.05, 3.63) is 30.5 Å². The summed E-state index contributed by atoms with van der Waals surface area (Å²) < 4.78 is 0. The standard InChI is InChI=1S/C14H17N5S/c15-13(20)10-18-5-7-19(8-6-18)14-9-16-11-3-1-2-4-12(11)17-14/h1-4,9H,5-8,10H2,(H2,15,20). The minimum Gasteiger partial charge on any atom is -0.392 e. The fraction of sp³-hybridized carbons (Fsp3) is 0.357. The SMILES string of the molecule is NC(=S)CN1CCN(c2cnc3ccccc3n2)CC1. The molecule has 3 rings (SSSR count). The summed E-state index contributed by atoms with van der Waals surface area (Å²) in [5, 5.41) is 0. The number of aromatic nitrogens is 2. The number of anilines is 1. The third kappa shape index (κ3) is 2.86. The van der Waals surface area contributed by atoms with Crippen molar-refractivity contribution in [2.75, 3.05) is 37.6 Å². The maximum Gasteiger partial charge on any atom is 0.147 e. The van der Waals surface area contributed by atoms with Crippen LogP contribution in [0.3, 0.4) is 0 Å². The van der Waals surface area contributed by atoms with E-state index in [1.54, 1.807) is 0 Å². The molecule has 0 bridgehead atoms. The highest BCUT2D eigenvalue weighted by molar-refractivity contribution is 7.80. The fourth-order valence-corrected chi connectivity index (χ4v) is 2.64. The molecule has 0 atom stereocenters. The molecule has 1 fully saturated rings. The molecule has 104 valence electrons. The zero-order valence-corrected chi connectivity index (χ0v) is 12.0. The average molecular weight is 287 g/mol. The van der Waals surface area contributed by atoms with E-state index in [4.69, 9.17) is 18.0 Å². The summed E-state index contributed by atoms with van der Waals surface area (Å²) in [7, 11) is 0. The predicted molar refractivity (Wildman–Crippen MR) is 85.0 cm³/mol. The molecule has 0 unspecified atom stereocenters. The summed E-state index contributed by atoms with van der Waals surface area (Å²) in [4.78, 5) is 14.2. The second-order valence-corrected chi connectivity index (χ2v) is 5.47. The number of benzene rings is 1. The molecule has 0 spiro atoms. The maximum atomic E-state index is 5.59. The molecule has 6 heteroatoms. The van der Waals surface area contributed by atoms with Gasteiger partial charge in [-0.3, -0.25) is 9.88 Å². The molecule has 1 aromatic heterocycles. The molecule has 0 aliphatic carbocycles. The fourth-order valence-electron chi connectivity index (χ4n) is 2.46. The third-order valence-corrected chi connectivity index (χ3v) is 3.64. The van der Waals surface area contributed by atoms with Gasteiger partial charge < -0.3 is 10.6 Å². The average Bonchev–Trinajstić information content (AvgIpc) is 2.47. The van der Waals surface area contributed by atoms with Gasteiger partial charge in [-0.25, -0.2) is 4.98 Å². The molecule has 1 aliphatic heterocycles. The molecule has 0 radical (unpaired) electrons. The number of thiocarbonyl (C=S) groups is 1. The largest absolute Gasteiger partial charge is 0.392 e. The van der Waals surface area contributed by atoms with Gasteiger partial charge >= 0.3 is 0 Å². The van der Waals surface area contributed by atoms with Gasteiger partial charge in [-0.05, 0) is 12.1 Å². The highest BCUT2D eigenvalue weighted by atomic mass is 32.1. The molecule has 0 amide bonds. The molecule has 1 aromatic carbocycles. The lowest BCUT2D eigenvalue weighted by atomic mass is 10.3. The van der Waals surface area contributed by atoms with E-state index in [1.807, 2.05) is 30.5 Å². The lowest BCUT2D eigenvalue weighted by Crippen LogP contribution is -2.48. The van der Waals surface area contributed by atoms with Crippen LogP contribution in [0, 0.1) is 0 Å². The van der Waals surface area contributed by atoms with Crippen molar-refractivity contribution < 1.29 is 0 Å².